The van der Waals surface area contributed by atoms with Crippen LogP contribution in [0.5, 0.6) is 0 Å². The molecule has 144 valence electrons. The Labute approximate surface area is 172 Å². The van der Waals surface area contributed by atoms with Gasteiger partial charge in [0, 0.05) is 17.0 Å². The van der Waals surface area contributed by atoms with Gasteiger partial charge < -0.3 is 5.32 Å². The molecule has 4 aromatic rings. The third kappa shape index (κ3) is 3.64. The predicted molar refractivity (Wildman–Crippen MR) is 118 cm³/mol. The Morgan fingerprint density at radius 2 is 1.82 bits per heavy atom. The second-order valence-corrected chi connectivity index (χ2v) is 9.21. The summed E-state index contributed by atoms with van der Waals surface area (Å²) in [5.74, 6) is 1.19. The lowest BCUT2D eigenvalue weighted by molar-refractivity contribution is -0.113. The molecular weight excluding hydrogens is 388 g/mol. The number of hydrogen-bond donors (Lipinski definition) is 1. The largest absolute Gasteiger partial charge is 0.325 e. The van der Waals surface area contributed by atoms with Gasteiger partial charge in [-0.25, -0.2) is 0 Å². The van der Waals surface area contributed by atoms with E-state index in [1.807, 2.05) is 26.0 Å². The van der Waals surface area contributed by atoms with Gasteiger partial charge in [0.2, 0.25) is 5.91 Å². The van der Waals surface area contributed by atoms with Crippen LogP contribution in [-0.4, -0.2) is 26.3 Å². The van der Waals surface area contributed by atoms with Crippen LogP contribution in [0.15, 0.2) is 35.4 Å². The first kappa shape index (κ1) is 19.0. The number of aromatic nitrogens is 3. The number of anilines is 1. The van der Waals surface area contributed by atoms with Gasteiger partial charge in [-0.3, -0.25) is 9.20 Å². The van der Waals surface area contributed by atoms with Crippen molar-refractivity contribution in [1.82, 2.24) is 14.6 Å². The van der Waals surface area contributed by atoms with Crippen LogP contribution in [0.4, 0.5) is 5.69 Å². The maximum Gasteiger partial charge on any atom is 0.234 e. The second-order valence-electron chi connectivity index (χ2n) is 6.96. The van der Waals surface area contributed by atoms with E-state index in [1.54, 1.807) is 11.3 Å². The quantitative estimate of drug-likeness (QED) is 0.462. The molecule has 1 amide bonds. The third-order valence-electron chi connectivity index (χ3n) is 4.51. The van der Waals surface area contributed by atoms with Crippen LogP contribution < -0.4 is 5.32 Å². The number of nitrogens with zero attached hydrogens (tertiary/aromatic N) is 3. The fourth-order valence-electron chi connectivity index (χ4n) is 3.46. The molecule has 0 radical (unpaired) electrons. The van der Waals surface area contributed by atoms with Crippen molar-refractivity contribution in [2.45, 2.75) is 39.1 Å². The van der Waals surface area contributed by atoms with E-state index in [-0.39, 0.29) is 5.91 Å². The maximum atomic E-state index is 12.4. The molecule has 0 atom stereocenters. The Balaban J connectivity index is 1.58. The number of amides is 1. The lowest BCUT2D eigenvalue weighted by Gasteiger charge is -2.09. The number of carbonyl (C=O) groups is 1. The molecule has 3 aromatic heterocycles. The molecule has 7 heteroatoms. The second kappa shape index (κ2) is 7.56. The zero-order valence-corrected chi connectivity index (χ0v) is 18.0. The average Bonchev–Trinajstić information content (AvgIpc) is 3.15. The summed E-state index contributed by atoms with van der Waals surface area (Å²) in [7, 11) is 0. The van der Waals surface area contributed by atoms with E-state index in [4.69, 9.17) is 0 Å². The Morgan fingerprint density at radius 3 is 2.54 bits per heavy atom. The van der Waals surface area contributed by atoms with Crippen LogP contribution >= 0.6 is 23.1 Å². The number of hydrogen-bond acceptors (Lipinski definition) is 5. The standard InChI is InChI=1S/C21H22N4OS2/c1-5-19-23-24-21(17-10-18-16(25(17)19)9-14(4)28-18)27-11-20(26)22-15-7-12(2)6-13(3)8-15/h6-10H,5,11H2,1-4H3,(H,22,26). The molecule has 0 spiro atoms. The van der Waals surface area contributed by atoms with Gasteiger partial charge in [-0.15, -0.1) is 21.5 Å². The molecule has 1 N–H and O–H groups in total. The molecule has 0 aliphatic carbocycles. The molecular formula is C21H22N4OS2. The third-order valence-corrected chi connectivity index (χ3v) is 6.47. The number of thioether (sulfide) groups is 1. The number of rotatable bonds is 5. The first-order valence-corrected chi connectivity index (χ1v) is 11.0. The van der Waals surface area contributed by atoms with Gasteiger partial charge in [-0.05, 0) is 56.2 Å². The van der Waals surface area contributed by atoms with E-state index >= 15 is 0 Å². The summed E-state index contributed by atoms with van der Waals surface area (Å²) >= 11 is 3.20. The molecule has 0 bridgehead atoms. The number of nitrogens with one attached hydrogen (secondary N) is 1. The number of thiophene rings is 1. The summed E-state index contributed by atoms with van der Waals surface area (Å²) in [5.41, 5.74) is 5.30. The van der Waals surface area contributed by atoms with Gasteiger partial charge in [0.25, 0.3) is 0 Å². The van der Waals surface area contributed by atoms with E-state index in [2.05, 4.69) is 52.0 Å². The molecule has 3 heterocycles. The van der Waals surface area contributed by atoms with Crippen LogP contribution in [-0.2, 0) is 11.2 Å². The van der Waals surface area contributed by atoms with Crippen LogP contribution in [0.1, 0.15) is 28.8 Å². The Kier molecular flexibility index (Phi) is 5.12. The highest BCUT2D eigenvalue weighted by Crippen LogP contribution is 2.33. The van der Waals surface area contributed by atoms with Crippen LogP contribution in [0.2, 0.25) is 0 Å². The molecule has 0 fully saturated rings. The minimum absolute atomic E-state index is 0.0428. The number of benzene rings is 1. The Bertz CT molecular complexity index is 1170. The van der Waals surface area contributed by atoms with E-state index < -0.39 is 0 Å². The van der Waals surface area contributed by atoms with Crippen molar-refractivity contribution in [2.24, 2.45) is 0 Å². The van der Waals surface area contributed by atoms with Crippen molar-refractivity contribution in [3.63, 3.8) is 0 Å². The zero-order valence-electron chi connectivity index (χ0n) is 16.4. The van der Waals surface area contributed by atoms with Crippen molar-refractivity contribution >= 4 is 50.4 Å². The highest BCUT2D eigenvalue weighted by atomic mass is 32.2. The first-order chi connectivity index (χ1) is 13.4. The maximum absolute atomic E-state index is 12.4. The monoisotopic (exact) mass is 410 g/mol. The molecule has 0 unspecified atom stereocenters. The van der Waals surface area contributed by atoms with Crippen molar-refractivity contribution in [3.05, 3.63) is 52.2 Å². The van der Waals surface area contributed by atoms with Crippen molar-refractivity contribution in [2.75, 3.05) is 11.1 Å². The number of fused-ring (bicyclic) bond motifs is 3. The van der Waals surface area contributed by atoms with Gasteiger partial charge in [-0.1, -0.05) is 24.8 Å². The normalized spacial score (nSPS) is 11.4. The molecule has 0 aliphatic rings. The summed E-state index contributed by atoms with van der Waals surface area (Å²) in [6, 6.07) is 10.4. The van der Waals surface area contributed by atoms with Gasteiger partial charge in [-0.2, -0.15) is 0 Å². The molecule has 1 aromatic carbocycles. The minimum atomic E-state index is -0.0428. The van der Waals surface area contributed by atoms with Crippen molar-refractivity contribution in [3.8, 4) is 0 Å². The van der Waals surface area contributed by atoms with Crippen LogP contribution in [0.3, 0.4) is 0 Å². The first-order valence-electron chi connectivity index (χ1n) is 9.22. The topological polar surface area (TPSA) is 59.3 Å². The van der Waals surface area contributed by atoms with Crippen LogP contribution in [0, 0.1) is 20.8 Å². The summed E-state index contributed by atoms with van der Waals surface area (Å²) in [6.07, 6.45) is 0.806. The van der Waals surface area contributed by atoms with E-state index in [1.165, 1.54) is 26.9 Å². The van der Waals surface area contributed by atoms with Gasteiger partial charge in [0.05, 0.1) is 21.5 Å². The highest BCUT2D eigenvalue weighted by molar-refractivity contribution is 8.00. The summed E-state index contributed by atoms with van der Waals surface area (Å²) in [4.78, 5) is 13.7. The van der Waals surface area contributed by atoms with E-state index in [0.29, 0.717) is 5.75 Å². The SMILES string of the molecule is CCc1nnc(SCC(=O)Nc2cc(C)cc(C)c2)c2cc3sc(C)cc3n12. The van der Waals surface area contributed by atoms with Crippen molar-refractivity contribution in [1.29, 1.82) is 0 Å². The molecule has 0 saturated carbocycles. The minimum Gasteiger partial charge on any atom is -0.325 e. The zero-order chi connectivity index (χ0) is 19.8. The fraction of sp³-hybridized carbons (Fsp3) is 0.286. The van der Waals surface area contributed by atoms with Gasteiger partial charge in [0.1, 0.15) is 10.9 Å². The van der Waals surface area contributed by atoms with E-state index in [0.717, 1.165) is 39.6 Å². The molecule has 28 heavy (non-hydrogen) atoms. The average molecular weight is 411 g/mol. The smallest absolute Gasteiger partial charge is 0.234 e. The Hall–Kier alpha value is -2.38. The number of aryl methyl sites for hydroxylation is 4. The molecule has 4 rings (SSSR count). The lowest BCUT2D eigenvalue weighted by atomic mass is 10.1. The van der Waals surface area contributed by atoms with Crippen molar-refractivity contribution < 1.29 is 4.79 Å². The fourth-order valence-corrected chi connectivity index (χ4v) is 5.14. The Morgan fingerprint density at radius 1 is 1.07 bits per heavy atom. The van der Waals surface area contributed by atoms with Gasteiger partial charge >= 0.3 is 0 Å². The highest BCUT2D eigenvalue weighted by Gasteiger charge is 2.16. The van der Waals surface area contributed by atoms with Gasteiger partial charge in [0.15, 0.2) is 0 Å². The number of carbonyl (C=O) groups excluding carboxylic acids is 1. The lowest BCUT2D eigenvalue weighted by Crippen LogP contribution is -2.14. The molecule has 0 aliphatic heterocycles. The molecule has 5 nitrogen and oxygen atoms in total. The molecule has 0 saturated heterocycles. The summed E-state index contributed by atoms with van der Waals surface area (Å²) in [5, 5.41) is 12.6. The summed E-state index contributed by atoms with van der Waals surface area (Å²) in [6.45, 7) is 8.25. The van der Waals surface area contributed by atoms with E-state index in [9.17, 15) is 4.79 Å². The predicted octanol–water partition coefficient (Wildman–Crippen LogP) is 5.16. The summed E-state index contributed by atoms with van der Waals surface area (Å²) < 4.78 is 3.40. The van der Waals surface area contributed by atoms with Crippen LogP contribution in [0.25, 0.3) is 15.7 Å².